The number of benzene rings is 2. The van der Waals surface area contributed by atoms with E-state index in [2.05, 4.69) is 15.4 Å². The van der Waals surface area contributed by atoms with Gasteiger partial charge < -0.3 is 20.5 Å². The van der Waals surface area contributed by atoms with Gasteiger partial charge in [0.2, 0.25) is 0 Å². The van der Waals surface area contributed by atoms with Crippen molar-refractivity contribution in [1.29, 1.82) is 0 Å². The van der Waals surface area contributed by atoms with Crippen molar-refractivity contribution in [3.63, 3.8) is 0 Å². The Morgan fingerprint density at radius 2 is 1.42 bits per heavy atom. The molecule has 0 aromatic heterocycles. The summed E-state index contributed by atoms with van der Waals surface area (Å²) in [5.41, 5.74) is -3.84. The molecule has 2 rings (SSSR count). The summed E-state index contributed by atoms with van der Waals surface area (Å²) in [6.07, 6.45) is -5.28. The summed E-state index contributed by atoms with van der Waals surface area (Å²) < 4.78 is 43.5. The largest absolute Gasteiger partial charge is 0.466 e. The lowest BCUT2D eigenvalue weighted by Crippen LogP contribution is -2.49. The quantitative estimate of drug-likeness (QED) is 0.723. The van der Waals surface area contributed by atoms with Crippen molar-refractivity contribution in [2.45, 2.75) is 11.8 Å². The molecule has 9 heteroatoms. The van der Waals surface area contributed by atoms with Crippen LogP contribution < -0.4 is 10.6 Å². The summed E-state index contributed by atoms with van der Waals surface area (Å²) in [6, 6.07) is 11.9. The van der Waals surface area contributed by atoms with Gasteiger partial charge in [0.15, 0.2) is 0 Å². The third-order valence-corrected chi connectivity index (χ3v) is 3.48. The van der Waals surface area contributed by atoms with E-state index in [0.717, 1.165) is 31.4 Å². The zero-order chi connectivity index (χ0) is 19.4. The Bertz CT molecular complexity index is 779. The Hall–Kier alpha value is -3.07. The highest BCUT2D eigenvalue weighted by molar-refractivity contribution is 5.99. The standard InChI is InChI=1S/C17H15F3N2O4/c1-26-14(23)16(25,17(18,19)20)11-7-9-13(10-8-11)22-15(24)21-12-5-3-2-4-6-12/h2-10,25H,1H3,(H2,21,22,24)/t16-/m0/s1. The number of carbonyl (C=O) groups excluding carboxylic acids is 2. The van der Waals surface area contributed by atoms with Crippen LogP contribution in [0.3, 0.4) is 0 Å². The number of alkyl halides is 3. The van der Waals surface area contributed by atoms with Crippen LogP contribution in [-0.4, -0.2) is 30.4 Å². The van der Waals surface area contributed by atoms with Gasteiger partial charge in [-0.2, -0.15) is 13.2 Å². The van der Waals surface area contributed by atoms with E-state index in [1.165, 1.54) is 0 Å². The summed E-state index contributed by atoms with van der Waals surface area (Å²) in [5, 5.41) is 14.8. The van der Waals surface area contributed by atoms with Crippen molar-refractivity contribution in [2.24, 2.45) is 0 Å². The van der Waals surface area contributed by atoms with Crippen LogP contribution in [0.1, 0.15) is 5.56 Å². The maximum Gasteiger partial charge on any atom is 0.432 e. The number of ether oxygens (including phenoxy) is 1. The van der Waals surface area contributed by atoms with Crippen LogP contribution in [0.2, 0.25) is 0 Å². The molecule has 0 spiro atoms. The number of methoxy groups -OCH3 is 1. The number of hydrogen-bond donors (Lipinski definition) is 3. The number of aliphatic hydroxyl groups is 1. The van der Waals surface area contributed by atoms with Gasteiger partial charge in [0.1, 0.15) is 0 Å². The van der Waals surface area contributed by atoms with Crippen LogP contribution in [0.15, 0.2) is 54.6 Å². The first-order chi connectivity index (χ1) is 12.2. The number of amides is 2. The van der Waals surface area contributed by atoms with Crippen molar-refractivity contribution in [1.82, 2.24) is 0 Å². The Labute approximate surface area is 146 Å². The second-order valence-electron chi connectivity index (χ2n) is 5.22. The van der Waals surface area contributed by atoms with Crippen molar-refractivity contribution in [3.05, 3.63) is 60.2 Å². The van der Waals surface area contributed by atoms with E-state index < -0.39 is 29.3 Å². The molecule has 0 radical (unpaired) electrons. The molecule has 2 aromatic carbocycles. The first-order valence-corrected chi connectivity index (χ1v) is 7.29. The number of urea groups is 1. The minimum absolute atomic E-state index is 0.163. The van der Waals surface area contributed by atoms with Gasteiger partial charge in [-0.1, -0.05) is 30.3 Å². The molecule has 0 unspecified atom stereocenters. The molecule has 2 amide bonds. The second kappa shape index (κ2) is 7.44. The summed E-state index contributed by atoms with van der Waals surface area (Å²) in [6.45, 7) is 0. The number of rotatable bonds is 4. The number of anilines is 2. The molecule has 2 aromatic rings. The van der Waals surface area contributed by atoms with Gasteiger partial charge >= 0.3 is 18.2 Å². The molecule has 0 bridgehead atoms. The first kappa shape index (κ1) is 19.3. The van der Waals surface area contributed by atoms with E-state index >= 15 is 0 Å². The molecular formula is C17H15F3N2O4. The monoisotopic (exact) mass is 368 g/mol. The molecular weight excluding hydrogens is 353 g/mol. The fourth-order valence-electron chi connectivity index (χ4n) is 2.15. The maximum atomic E-state index is 13.1. The van der Waals surface area contributed by atoms with Crippen molar-refractivity contribution in [3.8, 4) is 0 Å². The molecule has 0 heterocycles. The molecule has 0 aliphatic carbocycles. The van der Waals surface area contributed by atoms with Crippen LogP contribution in [0.5, 0.6) is 0 Å². The van der Waals surface area contributed by atoms with Gasteiger partial charge in [0.25, 0.3) is 5.60 Å². The van der Waals surface area contributed by atoms with Gasteiger partial charge in [-0.25, -0.2) is 9.59 Å². The average Bonchev–Trinajstić information content (AvgIpc) is 2.60. The van der Waals surface area contributed by atoms with E-state index in [1.807, 2.05) is 0 Å². The van der Waals surface area contributed by atoms with E-state index in [0.29, 0.717) is 5.69 Å². The van der Waals surface area contributed by atoms with Crippen LogP contribution >= 0.6 is 0 Å². The van der Waals surface area contributed by atoms with Crippen LogP contribution in [-0.2, 0) is 15.1 Å². The highest BCUT2D eigenvalue weighted by Gasteiger charge is 2.62. The number of esters is 1. The van der Waals surface area contributed by atoms with Crippen LogP contribution in [0.25, 0.3) is 0 Å². The van der Waals surface area contributed by atoms with E-state index in [9.17, 15) is 27.9 Å². The third kappa shape index (κ3) is 3.94. The fourth-order valence-corrected chi connectivity index (χ4v) is 2.15. The van der Waals surface area contributed by atoms with Crippen LogP contribution in [0.4, 0.5) is 29.3 Å². The van der Waals surface area contributed by atoms with Gasteiger partial charge in [-0.05, 0) is 24.3 Å². The highest BCUT2D eigenvalue weighted by Crippen LogP contribution is 2.40. The summed E-state index contributed by atoms with van der Waals surface area (Å²) in [5.74, 6) is -1.85. The zero-order valence-corrected chi connectivity index (χ0v) is 13.5. The highest BCUT2D eigenvalue weighted by atomic mass is 19.4. The minimum Gasteiger partial charge on any atom is -0.466 e. The predicted octanol–water partition coefficient (Wildman–Crippen LogP) is 3.25. The Morgan fingerprint density at radius 3 is 1.88 bits per heavy atom. The van der Waals surface area contributed by atoms with Crippen molar-refractivity contribution < 1.29 is 32.6 Å². The molecule has 138 valence electrons. The predicted molar refractivity (Wildman–Crippen MR) is 87.5 cm³/mol. The fraction of sp³-hybridized carbons (Fsp3) is 0.176. The lowest BCUT2D eigenvalue weighted by Gasteiger charge is -2.28. The molecule has 0 saturated heterocycles. The maximum absolute atomic E-state index is 13.1. The summed E-state index contributed by atoms with van der Waals surface area (Å²) in [7, 11) is 0.739. The van der Waals surface area contributed by atoms with E-state index in [4.69, 9.17) is 0 Å². The lowest BCUT2D eigenvalue weighted by molar-refractivity contribution is -0.266. The minimum atomic E-state index is -5.28. The number of nitrogens with one attached hydrogen (secondary N) is 2. The average molecular weight is 368 g/mol. The van der Waals surface area contributed by atoms with Gasteiger partial charge in [0.05, 0.1) is 7.11 Å². The molecule has 26 heavy (non-hydrogen) atoms. The summed E-state index contributed by atoms with van der Waals surface area (Å²) >= 11 is 0. The van der Waals surface area contributed by atoms with Crippen molar-refractivity contribution in [2.75, 3.05) is 17.7 Å². The Morgan fingerprint density at radius 1 is 0.923 bits per heavy atom. The topological polar surface area (TPSA) is 87.7 Å². The molecule has 1 atom stereocenters. The number of carbonyl (C=O) groups is 2. The summed E-state index contributed by atoms with van der Waals surface area (Å²) in [4.78, 5) is 23.3. The van der Waals surface area contributed by atoms with Gasteiger partial charge in [0, 0.05) is 16.9 Å². The molecule has 0 saturated carbocycles. The van der Waals surface area contributed by atoms with Gasteiger partial charge in [-0.15, -0.1) is 0 Å². The SMILES string of the molecule is COC(=O)[C@@](O)(c1ccc(NC(=O)Nc2ccccc2)cc1)C(F)(F)F. The second-order valence-corrected chi connectivity index (χ2v) is 5.22. The molecule has 6 nitrogen and oxygen atoms in total. The normalized spacial score (nSPS) is 13.4. The van der Waals surface area contributed by atoms with E-state index in [1.54, 1.807) is 30.3 Å². The number of hydrogen-bond acceptors (Lipinski definition) is 4. The van der Waals surface area contributed by atoms with Gasteiger partial charge in [-0.3, -0.25) is 0 Å². The van der Waals surface area contributed by atoms with E-state index in [-0.39, 0.29) is 5.69 Å². The smallest absolute Gasteiger partial charge is 0.432 e. The Balaban J connectivity index is 2.16. The molecule has 0 fully saturated rings. The molecule has 3 N–H and O–H groups in total. The number of para-hydroxylation sites is 1. The Kier molecular flexibility index (Phi) is 5.51. The zero-order valence-electron chi connectivity index (χ0n) is 13.5. The van der Waals surface area contributed by atoms with Crippen LogP contribution in [0, 0.1) is 0 Å². The first-order valence-electron chi connectivity index (χ1n) is 7.29. The lowest BCUT2D eigenvalue weighted by atomic mass is 9.93. The molecule has 0 aliphatic heterocycles. The number of halogens is 3. The molecule has 0 aliphatic rings. The van der Waals surface area contributed by atoms with Crippen molar-refractivity contribution >= 4 is 23.4 Å². The third-order valence-electron chi connectivity index (χ3n) is 3.48.